The van der Waals surface area contributed by atoms with Gasteiger partial charge in [-0.3, -0.25) is 0 Å². The summed E-state index contributed by atoms with van der Waals surface area (Å²) < 4.78 is 5.17. The van der Waals surface area contributed by atoms with Crippen LogP contribution in [-0.2, 0) is 0 Å². The minimum absolute atomic E-state index is 0.569. The first kappa shape index (κ1) is 18.7. The zero-order chi connectivity index (χ0) is 19.2. The molecule has 0 fully saturated rings. The molecule has 0 aliphatic carbocycles. The van der Waals surface area contributed by atoms with E-state index in [-0.39, 0.29) is 0 Å². The van der Waals surface area contributed by atoms with E-state index in [0.717, 1.165) is 34.1 Å². The minimum Gasteiger partial charge on any atom is -0.497 e. The molecule has 138 valence electrons. The predicted octanol–water partition coefficient (Wildman–Crippen LogP) is 5.86. The number of rotatable bonds is 5. The summed E-state index contributed by atoms with van der Waals surface area (Å²) in [7, 11) is 1.66. The normalized spacial score (nSPS) is 10.2. The van der Waals surface area contributed by atoms with E-state index >= 15 is 0 Å². The molecule has 5 heteroatoms. The van der Waals surface area contributed by atoms with Crippen LogP contribution in [0.2, 0.25) is 0 Å². The van der Waals surface area contributed by atoms with Gasteiger partial charge in [0.25, 0.3) is 0 Å². The van der Waals surface area contributed by atoms with Crippen LogP contribution in [0.1, 0.15) is 11.1 Å². The first-order chi connectivity index (χ1) is 13.0. The second kappa shape index (κ2) is 8.56. The summed E-state index contributed by atoms with van der Waals surface area (Å²) in [5, 5.41) is 10.4. The number of methoxy groups -OCH3 is 1. The van der Waals surface area contributed by atoms with Crippen LogP contribution in [-0.4, -0.2) is 12.2 Å². The largest absolute Gasteiger partial charge is 0.497 e. The highest BCUT2D eigenvalue weighted by molar-refractivity contribution is 7.80. The van der Waals surface area contributed by atoms with Gasteiger partial charge in [0, 0.05) is 22.7 Å². The molecule has 27 heavy (non-hydrogen) atoms. The Morgan fingerprint density at radius 1 is 0.778 bits per heavy atom. The molecule has 3 aromatic rings. The van der Waals surface area contributed by atoms with E-state index in [4.69, 9.17) is 17.0 Å². The summed E-state index contributed by atoms with van der Waals surface area (Å²) in [6.45, 7) is 4.12. The third-order valence-electron chi connectivity index (χ3n) is 4.16. The number of benzene rings is 3. The average Bonchev–Trinajstić information content (AvgIpc) is 2.67. The Morgan fingerprint density at radius 2 is 1.37 bits per heavy atom. The fourth-order valence-corrected chi connectivity index (χ4v) is 2.86. The molecule has 0 aliphatic heterocycles. The summed E-state index contributed by atoms with van der Waals surface area (Å²) in [6, 6.07) is 22.1. The van der Waals surface area contributed by atoms with Gasteiger partial charge in [-0.2, -0.15) is 0 Å². The molecule has 0 amide bonds. The number of nitrogens with one attached hydrogen (secondary N) is 3. The molecule has 3 rings (SSSR count). The van der Waals surface area contributed by atoms with E-state index in [1.54, 1.807) is 7.11 Å². The quantitative estimate of drug-likeness (QED) is 0.486. The molecule has 0 unspecified atom stereocenters. The summed E-state index contributed by atoms with van der Waals surface area (Å²) >= 11 is 5.43. The van der Waals surface area contributed by atoms with Gasteiger partial charge in [0.05, 0.1) is 7.11 Å². The molecule has 0 saturated carbocycles. The van der Waals surface area contributed by atoms with Gasteiger partial charge in [0.15, 0.2) is 5.11 Å². The van der Waals surface area contributed by atoms with E-state index in [0.29, 0.717) is 5.11 Å². The van der Waals surface area contributed by atoms with Crippen molar-refractivity contribution in [2.75, 3.05) is 23.1 Å². The third kappa shape index (κ3) is 5.21. The third-order valence-corrected chi connectivity index (χ3v) is 4.37. The fraction of sp³-hybridized carbons (Fsp3) is 0.136. The molecule has 0 saturated heterocycles. The first-order valence-electron chi connectivity index (χ1n) is 8.70. The van der Waals surface area contributed by atoms with Gasteiger partial charge in [0.1, 0.15) is 5.75 Å². The number of aryl methyl sites for hydroxylation is 2. The predicted molar refractivity (Wildman–Crippen MR) is 118 cm³/mol. The molecule has 3 aromatic carbocycles. The van der Waals surface area contributed by atoms with Crippen LogP contribution in [0, 0.1) is 13.8 Å². The van der Waals surface area contributed by atoms with E-state index < -0.39 is 0 Å². The van der Waals surface area contributed by atoms with Crippen LogP contribution in [0.15, 0.2) is 66.7 Å². The lowest BCUT2D eigenvalue weighted by Crippen LogP contribution is -2.19. The van der Waals surface area contributed by atoms with Crippen LogP contribution in [0.25, 0.3) is 0 Å². The highest BCUT2D eigenvalue weighted by Crippen LogP contribution is 2.22. The van der Waals surface area contributed by atoms with Gasteiger partial charge in [-0.05, 0) is 91.8 Å². The molecule has 0 radical (unpaired) electrons. The number of anilines is 4. The van der Waals surface area contributed by atoms with Crippen molar-refractivity contribution in [3.8, 4) is 5.75 Å². The van der Waals surface area contributed by atoms with Crippen LogP contribution in [0.5, 0.6) is 5.75 Å². The van der Waals surface area contributed by atoms with Crippen molar-refractivity contribution >= 4 is 40.1 Å². The van der Waals surface area contributed by atoms with Crippen LogP contribution < -0.4 is 20.7 Å². The lowest BCUT2D eigenvalue weighted by atomic mass is 10.1. The minimum atomic E-state index is 0.569. The zero-order valence-corrected chi connectivity index (χ0v) is 16.5. The molecule has 4 nitrogen and oxygen atoms in total. The van der Waals surface area contributed by atoms with Crippen molar-refractivity contribution in [2.45, 2.75) is 13.8 Å². The summed E-state index contributed by atoms with van der Waals surface area (Å²) in [4.78, 5) is 0. The second-order valence-corrected chi connectivity index (χ2v) is 6.74. The second-order valence-electron chi connectivity index (χ2n) is 6.33. The maximum Gasteiger partial charge on any atom is 0.175 e. The molecule has 0 heterocycles. The van der Waals surface area contributed by atoms with Crippen molar-refractivity contribution in [3.63, 3.8) is 0 Å². The zero-order valence-electron chi connectivity index (χ0n) is 15.7. The maximum atomic E-state index is 5.43. The van der Waals surface area contributed by atoms with Crippen molar-refractivity contribution in [2.24, 2.45) is 0 Å². The highest BCUT2D eigenvalue weighted by Gasteiger charge is 2.03. The number of hydrogen-bond acceptors (Lipinski definition) is 3. The Balaban J connectivity index is 1.59. The van der Waals surface area contributed by atoms with E-state index in [1.807, 2.05) is 48.5 Å². The van der Waals surface area contributed by atoms with E-state index in [1.165, 1.54) is 5.56 Å². The molecule has 0 aliphatic rings. The first-order valence-corrected chi connectivity index (χ1v) is 9.11. The summed E-state index contributed by atoms with van der Waals surface area (Å²) in [5.74, 6) is 0.838. The van der Waals surface area contributed by atoms with Gasteiger partial charge in [-0.15, -0.1) is 0 Å². The molecular weight excluding hydrogens is 354 g/mol. The Morgan fingerprint density at radius 3 is 2.00 bits per heavy atom. The Bertz CT molecular complexity index is 921. The lowest BCUT2D eigenvalue weighted by Gasteiger charge is -2.14. The summed E-state index contributed by atoms with van der Waals surface area (Å²) in [6.07, 6.45) is 0. The average molecular weight is 378 g/mol. The molecule has 0 spiro atoms. The van der Waals surface area contributed by atoms with Crippen molar-refractivity contribution in [1.82, 2.24) is 0 Å². The topological polar surface area (TPSA) is 45.3 Å². The van der Waals surface area contributed by atoms with Gasteiger partial charge in [0.2, 0.25) is 0 Å². The van der Waals surface area contributed by atoms with E-state index in [9.17, 15) is 0 Å². The SMILES string of the molecule is COc1ccc(Nc2ccc(NC(=S)Nc3cc(C)ccc3C)cc2)cc1. The lowest BCUT2D eigenvalue weighted by molar-refractivity contribution is 0.415. The molecule has 0 aromatic heterocycles. The van der Waals surface area contributed by atoms with Crippen molar-refractivity contribution < 1.29 is 4.74 Å². The van der Waals surface area contributed by atoms with Crippen molar-refractivity contribution in [1.29, 1.82) is 0 Å². The number of thiocarbonyl (C=S) groups is 1. The Labute approximate surface area is 165 Å². The number of ether oxygens (including phenoxy) is 1. The smallest absolute Gasteiger partial charge is 0.175 e. The van der Waals surface area contributed by atoms with Gasteiger partial charge in [-0.25, -0.2) is 0 Å². The van der Waals surface area contributed by atoms with Gasteiger partial charge >= 0.3 is 0 Å². The molecule has 0 atom stereocenters. The number of hydrogen-bond donors (Lipinski definition) is 3. The fourth-order valence-electron chi connectivity index (χ4n) is 2.63. The van der Waals surface area contributed by atoms with E-state index in [2.05, 4.69) is 48.0 Å². The van der Waals surface area contributed by atoms with Crippen LogP contribution in [0.4, 0.5) is 22.7 Å². The maximum absolute atomic E-state index is 5.43. The Hall–Kier alpha value is -3.05. The van der Waals surface area contributed by atoms with Crippen LogP contribution in [0.3, 0.4) is 0 Å². The van der Waals surface area contributed by atoms with Gasteiger partial charge < -0.3 is 20.7 Å². The molecule has 0 bridgehead atoms. The Kier molecular flexibility index (Phi) is 5.94. The van der Waals surface area contributed by atoms with Gasteiger partial charge in [-0.1, -0.05) is 12.1 Å². The van der Waals surface area contributed by atoms with Crippen LogP contribution >= 0.6 is 12.2 Å². The van der Waals surface area contributed by atoms with Crippen molar-refractivity contribution in [3.05, 3.63) is 77.9 Å². The highest BCUT2D eigenvalue weighted by atomic mass is 32.1. The molecular formula is C22H23N3OS. The monoisotopic (exact) mass is 377 g/mol. The molecule has 3 N–H and O–H groups in total. The standard InChI is InChI=1S/C22H23N3OS/c1-15-4-5-16(2)21(14-15)25-22(27)24-19-8-6-17(7-9-19)23-18-10-12-20(26-3)13-11-18/h4-14,23H,1-3H3,(H2,24,25,27). The summed E-state index contributed by atoms with van der Waals surface area (Å²) in [5.41, 5.74) is 6.30.